The van der Waals surface area contributed by atoms with Crippen molar-refractivity contribution in [3.8, 4) is 0 Å². The van der Waals surface area contributed by atoms with Gasteiger partial charge in [0, 0.05) is 23.0 Å². The summed E-state index contributed by atoms with van der Waals surface area (Å²) in [5.41, 5.74) is 4.46. The molecule has 0 saturated heterocycles. The van der Waals surface area contributed by atoms with Gasteiger partial charge in [-0.05, 0) is 30.9 Å². The van der Waals surface area contributed by atoms with Gasteiger partial charge >= 0.3 is 5.97 Å². The van der Waals surface area contributed by atoms with Crippen LogP contribution in [0.3, 0.4) is 0 Å². The number of hydrogen-bond donors (Lipinski definition) is 2. The fourth-order valence-corrected chi connectivity index (χ4v) is 3.18. The van der Waals surface area contributed by atoms with E-state index in [-0.39, 0.29) is 18.2 Å². The van der Waals surface area contributed by atoms with Gasteiger partial charge in [0.25, 0.3) is 5.91 Å². The number of aryl methyl sites for hydroxylation is 1. The van der Waals surface area contributed by atoms with E-state index >= 15 is 0 Å². The second-order valence-electron chi connectivity index (χ2n) is 6.13. The van der Waals surface area contributed by atoms with Gasteiger partial charge in [-0.2, -0.15) is 5.48 Å². The van der Waals surface area contributed by atoms with E-state index in [4.69, 9.17) is 4.84 Å². The number of benzene rings is 1. The van der Waals surface area contributed by atoms with E-state index in [1.165, 1.54) is 6.42 Å². The molecule has 5 heteroatoms. The number of aromatic amines is 1. The van der Waals surface area contributed by atoms with Gasteiger partial charge in [-0.3, -0.25) is 4.79 Å². The first kappa shape index (κ1) is 15.6. The fraction of sp³-hybridized carbons (Fsp3) is 0.444. The Labute approximate surface area is 135 Å². The van der Waals surface area contributed by atoms with Crippen molar-refractivity contribution >= 4 is 22.8 Å². The zero-order chi connectivity index (χ0) is 16.1. The largest absolute Gasteiger partial charge is 0.361 e. The fourth-order valence-electron chi connectivity index (χ4n) is 3.18. The maximum absolute atomic E-state index is 11.9. The molecular weight excluding hydrogens is 292 g/mol. The van der Waals surface area contributed by atoms with Crippen LogP contribution in [-0.2, 0) is 20.8 Å². The van der Waals surface area contributed by atoms with Gasteiger partial charge in [0.15, 0.2) is 0 Å². The third-order valence-corrected chi connectivity index (χ3v) is 4.51. The smallest absolute Gasteiger partial charge is 0.332 e. The van der Waals surface area contributed by atoms with E-state index in [0.717, 1.165) is 42.1 Å². The molecule has 1 aliphatic carbocycles. The quantitative estimate of drug-likeness (QED) is 0.851. The van der Waals surface area contributed by atoms with E-state index in [1.807, 2.05) is 30.5 Å². The molecule has 1 aromatic heterocycles. The lowest BCUT2D eigenvalue weighted by atomic mass is 9.89. The summed E-state index contributed by atoms with van der Waals surface area (Å²) in [4.78, 5) is 31.8. The Balaban J connectivity index is 1.45. The topological polar surface area (TPSA) is 71.2 Å². The summed E-state index contributed by atoms with van der Waals surface area (Å²) in [5, 5.41) is 1.12. The third kappa shape index (κ3) is 3.92. The van der Waals surface area contributed by atoms with Gasteiger partial charge in [-0.15, -0.1) is 0 Å². The van der Waals surface area contributed by atoms with Crippen LogP contribution in [0.15, 0.2) is 30.5 Å². The molecule has 0 bridgehead atoms. The first-order chi connectivity index (χ1) is 11.2. The zero-order valence-electron chi connectivity index (χ0n) is 13.1. The van der Waals surface area contributed by atoms with Gasteiger partial charge in [-0.1, -0.05) is 37.5 Å². The van der Waals surface area contributed by atoms with Gasteiger partial charge in [0.1, 0.15) is 0 Å². The summed E-state index contributed by atoms with van der Waals surface area (Å²) in [6.07, 6.45) is 7.86. The molecule has 0 aliphatic heterocycles. The van der Waals surface area contributed by atoms with Crippen LogP contribution in [0.1, 0.15) is 44.1 Å². The Hall–Kier alpha value is -2.30. The van der Waals surface area contributed by atoms with Crippen LogP contribution in [0, 0.1) is 5.92 Å². The Morgan fingerprint density at radius 3 is 2.78 bits per heavy atom. The Bertz CT molecular complexity index is 686. The van der Waals surface area contributed by atoms with E-state index in [9.17, 15) is 9.59 Å². The zero-order valence-corrected chi connectivity index (χ0v) is 13.1. The predicted molar refractivity (Wildman–Crippen MR) is 87.4 cm³/mol. The molecule has 1 heterocycles. The molecular formula is C18H22N2O3. The molecule has 2 N–H and O–H groups in total. The molecule has 3 rings (SSSR count). The molecule has 1 aliphatic rings. The molecule has 1 saturated carbocycles. The predicted octanol–water partition coefficient (Wildman–Crippen LogP) is 3.26. The number of carbonyl (C=O) groups is 2. The van der Waals surface area contributed by atoms with Crippen LogP contribution in [0.25, 0.3) is 10.9 Å². The summed E-state index contributed by atoms with van der Waals surface area (Å²) in [6.45, 7) is 0. The molecule has 2 aromatic rings. The Morgan fingerprint density at radius 1 is 1.17 bits per heavy atom. The van der Waals surface area contributed by atoms with Crippen molar-refractivity contribution in [1.29, 1.82) is 0 Å². The van der Waals surface area contributed by atoms with Crippen LogP contribution in [0.2, 0.25) is 0 Å². The lowest BCUT2D eigenvalue weighted by Crippen LogP contribution is -2.33. The SMILES string of the molecule is O=C(CCc1c[nH]c2ccccc12)ONC(=O)C1CCCCC1. The minimum absolute atomic E-state index is 0.00910. The van der Waals surface area contributed by atoms with Gasteiger partial charge < -0.3 is 9.82 Å². The summed E-state index contributed by atoms with van der Waals surface area (Å²) in [5.74, 6) is -0.574. The maximum atomic E-state index is 11.9. The third-order valence-electron chi connectivity index (χ3n) is 4.51. The van der Waals surface area contributed by atoms with E-state index in [0.29, 0.717) is 6.42 Å². The highest BCUT2D eigenvalue weighted by Crippen LogP contribution is 2.23. The van der Waals surface area contributed by atoms with Gasteiger partial charge in [0.2, 0.25) is 0 Å². The average Bonchev–Trinajstić information content (AvgIpc) is 3.02. The first-order valence-electron chi connectivity index (χ1n) is 8.28. The Kier molecular flexibility index (Phi) is 4.95. The van der Waals surface area contributed by atoms with Crippen LogP contribution in [-0.4, -0.2) is 16.9 Å². The number of nitrogens with one attached hydrogen (secondary N) is 2. The number of fused-ring (bicyclic) bond motifs is 1. The van der Waals surface area contributed by atoms with Crippen molar-refractivity contribution in [1.82, 2.24) is 10.5 Å². The molecule has 1 fully saturated rings. The highest BCUT2D eigenvalue weighted by atomic mass is 16.7. The normalized spacial score (nSPS) is 15.5. The number of hydrogen-bond acceptors (Lipinski definition) is 3. The number of rotatable bonds is 4. The van der Waals surface area contributed by atoms with Crippen molar-refractivity contribution in [3.63, 3.8) is 0 Å². The van der Waals surface area contributed by atoms with E-state index in [1.54, 1.807) is 0 Å². The van der Waals surface area contributed by atoms with E-state index in [2.05, 4.69) is 10.5 Å². The lowest BCUT2D eigenvalue weighted by molar-refractivity contribution is -0.160. The first-order valence-corrected chi connectivity index (χ1v) is 8.28. The molecule has 0 spiro atoms. The monoisotopic (exact) mass is 314 g/mol. The number of amides is 1. The second kappa shape index (κ2) is 7.31. The number of aromatic nitrogens is 1. The van der Waals surface area contributed by atoms with Gasteiger partial charge in [0.05, 0.1) is 6.42 Å². The standard InChI is InChI=1S/C18H22N2O3/c21-17(23-20-18(22)13-6-2-1-3-7-13)11-10-14-12-19-16-9-5-4-8-15(14)16/h4-5,8-9,12-13,19H,1-3,6-7,10-11H2,(H,20,22). The molecule has 0 unspecified atom stereocenters. The van der Waals surface area contributed by atoms with Crippen molar-refractivity contribution < 1.29 is 14.4 Å². The summed E-state index contributed by atoms with van der Waals surface area (Å²) in [7, 11) is 0. The highest BCUT2D eigenvalue weighted by Gasteiger charge is 2.22. The van der Waals surface area contributed by atoms with Crippen molar-refractivity contribution in [2.75, 3.05) is 0 Å². The lowest BCUT2D eigenvalue weighted by Gasteiger charge is -2.20. The molecule has 23 heavy (non-hydrogen) atoms. The molecule has 1 aromatic carbocycles. The second-order valence-corrected chi connectivity index (χ2v) is 6.13. The van der Waals surface area contributed by atoms with Crippen molar-refractivity contribution in [3.05, 3.63) is 36.0 Å². The minimum Gasteiger partial charge on any atom is -0.361 e. The molecule has 1 amide bonds. The maximum Gasteiger partial charge on any atom is 0.332 e. The van der Waals surface area contributed by atoms with E-state index < -0.39 is 5.97 Å². The van der Waals surface area contributed by atoms with Crippen LogP contribution >= 0.6 is 0 Å². The highest BCUT2D eigenvalue weighted by molar-refractivity contribution is 5.84. The number of H-pyrrole nitrogens is 1. The van der Waals surface area contributed by atoms with Crippen LogP contribution < -0.4 is 5.48 Å². The van der Waals surface area contributed by atoms with Gasteiger partial charge in [-0.25, -0.2) is 4.79 Å². The van der Waals surface area contributed by atoms with Crippen LogP contribution in [0.4, 0.5) is 0 Å². The number of carbonyl (C=O) groups excluding carboxylic acids is 2. The molecule has 5 nitrogen and oxygen atoms in total. The summed E-state index contributed by atoms with van der Waals surface area (Å²) in [6, 6.07) is 7.97. The van der Waals surface area contributed by atoms with Crippen molar-refractivity contribution in [2.24, 2.45) is 5.92 Å². The van der Waals surface area contributed by atoms with Crippen LogP contribution in [0.5, 0.6) is 0 Å². The molecule has 122 valence electrons. The summed E-state index contributed by atoms with van der Waals surface area (Å²) >= 11 is 0. The summed E-state index contributed by atoms with van der Waals surface area (Å²) < 4.78 is 0. The molecule has 0 atom stereocenters. The molecule has 0 radical (unpaired) electrons. The van der Waals surface area contributed by atoms with Crippen molar-refractivity contribution in [2.45, 2.75) is 44.9 Å². The number of hydroxylamine groups is 1. The average molecular weight is 314 g/mol. The number of para-hydroxylation sites is 1. The minimum atomic E-state index is -0.403. The Morgan fingerprint density at radius 2 is 1.96 bits per heavy atom.